The number of hydrogen-bond acceptors (Lipinski definition) is 3. The van der Waals surface area contributed by atoms with Crippen LogP contribution in [0.1, 0.15) is 18.4 Å². The first-order valence-corrected chi connectivity index (χ1v) is 9.51. The number of rotatable bonds is 5. The third-order valence-electron chi connectivity index (χ3n) is 4.87. The number of anilines is 1. The van der Waals surface area contributed by atoms with Crippen LogP contribution < -0.4 is 10.9 Å². The fourth-order valence-electron chi connectivity index (χ4n) is 3.25. The first kappa shape index (κ1) is 19.9. The van der Waals surface area contributed by atoms with E-state index in [4.69, 9.17) is 11.6 Å². The summed E-state index contributed by atoms with van der Waals surface area (Å²) in [4.78, 5) is 38.0. The number of aromatic nitrogens is 1. The number of carbonyl (C=O) groups is 2. The number of benzene rings is 1. The van der Waals surface area contributed by atoms with Gasteiger partial charge in [0.1, 0.15) is 0 Å². The van der Waals surface area contributed by atoms with E-state index < -0.39 is 0 Å². The maximum atomic E-state index is 12.6. The number of hydrogen-bond donors (Lipinski definition) is 1. The number of nitrogens with one attached hydrogen (secondary N) is 1. The smallest absolute Gasteiger partial charge is 0.250 e. The van der Waals surface area contributed by atoms with E-state index in [2.05, 4.69) is 11.9 Å². The molecule has 6 nitrogen and oxygen atoms in total. The molecule has 1 aliphatic heterocycles. The summed E-state index contributed by atoms with van der Waals surface area (Å²) in [5.41, 5.74) is 1.36. The summed E-state index contributed by atoms with van der Waals surface area (Å²) in [5, 5.41) is 3.53. The van der Waals surface area contributed by atoms with Crippen LogP contribution in [-0.4, -0.2) is 34.4 Å². The maximum absolute atomic E-state index is 12.6. The molecule has 1 aromatic carbocycles. The van der Waals surface area contributed by atoms with Crippen LogP contribution >= 0.6 is 11.6 Å². The van der Waals surface area contributed by atoms with E-state index in [0.717, 1.165) is 5.56 Å². The first-order valence-electron chi connectivity index (χ1n) is 9.13. The van der Waals surface area contributed by atoms with Gasteiger partial charge in [0.25, 0.3) is 5.56 Å². The molecule has 0 atom stereocenters. The molecule has 0 spiro atoms. The Kier molecular flexibility index (Phi) is 6.31. The molecule has 0 unspecified atom stereocenters. The molecule has 1 aliphatic rings. The Balaban J connectivity index is 1.63. The largest absolute Gasteiger partial charge is 0.339 e. The van der Waals surface area contributed by atoms with Gasteiger partial charge in [0.2, 0.25) is 11.8 Å². The highest BCUT2D eigenvalue weighted by atomic mass is 35.5. The summed E-state index contributed by atoms with van der Waals surface area (Å²) in [5.74, 6) is -0.360. The zero-order chi connectivity index (χ0) is 20.1. The van der Waals surface area contributed by atoms with Crippen LogP contribution in [0.5, 0.6) is 0 Å². The van der Waals surface area contributed by atoms with Crippen molar-refractivity contribution in [2.75, 3.05) is 18.4 Å². The lowest BCUT2D eigenvalue weighted by Crippen LogP contribution is -2.40. The molecule has 2 amide bonds. The molecule has 0 saturated carbocycles. The molecule has 1 fully saturated rings. The van der Waals surface area contributed by atoms with E-state index in [1.54, 1.807) is 33.9 Å². The second kappa shape index (κ2) is 8.89. The second-order valence-corrected chi connectivity index (χ2v) is 7.24. The van der Waals surface area contributed by atoms with Gasteiger partial charge < -0.3 is 14.8 Å². The number of amides is 2. The summed E-state index contributed by atoms with van der Waals surface area (Å²) < 4.78 is 1.55. The van der Waals surface area contributed by atoms with Crippen LogP contribution in [0.4, 0.5) is 5.69 Å². The average molecular weight is 400 g/mol. The SMILES string of the molecule is C=CC(=O)N1CCC(C(=O)Nc2ccc(=O)n(Cc3ccc(Cl)cc3)c2)CC1. The van der Waals surface area contributed by atoms with Gasteiger partial charge in [-0.25, -0.2) is 0 Å². The molecule has 2 aromatic rings. The van der Waals surface area contributed by atoms with Crippen molar-refractivity contribution in [3.8, 4) is 0 Å². The zero-order valence-electron chi connectivity index (χ0n) is 15.4. The highest BCUT2D eigenvalue weighted by Crippen LogP contribution is 2.19. The Morgan fingerprint density at radius 2 is 1.82 bits per heavy atom. The van der Waals surface area contributed by atoms with E-state index in [1.165, 1.54) is 12.1 Å². The molecule has 1 saturated heterocycles. The molecule has 7 heteroatoms. The fraction of sp³-hybridized carbons (Fsp3) is 0.286. The van der Waals surface area contributed by atoms with Crippen molar-refractivity contribution in [1.82, 2.24) is 9.47 Å². The first-order chi connectivity index (χ1) is 13.5. The van der Waals surface area contributed by atoms with Crippen molar-refractivity contribution in [1.29, 1.82) is 0 Å². The van der Waals surface area contributed by atoms with Crippen LogP contribution in [-0.2, 0) is 16.1 Å². The number of nitrogens with zero attached hydrogens (tertiary/aromatic N) is 2. The average Bonchev–Trinajstić information content (AvgIpc) is 2.71. The van der Waals surface area contributed by atoms with E-state index in [1.807, 2.05) is 12.1 Å². The molecule has 146 valence electrons. The standard InChI is InChI=1S/C21H22ClN3O3/c1-2-19(26)24-11-9-16(10-12-24)21(28)23-18-7-8-20(27)25(14-18)13-15-3-5-17(22)6-4-15/h2-8,14,16H,1,9-13H2,(H,23,28). The monoisotopic (exact) mass is 399 g/mol. The van der Waals surface area contributed by atoms with Crippen molar-refractivity contribution < 1.29 is 9.59 Å². The van der Waals surface area contributed by atoms with Crippen LogP contribution in [0.15, 0.2) is 60.0 Å². The second-order valence-electron chi connectivity index (χ2n) is 6.80. The van der Waals surface area contributed by atoms with Gasteiger partial charge >= 0.3 is 0 Å². The number of carbonyl (C=O) groups excluding carboxylic acids is 2. The summed E-state index contributed by atoms with van der Waals surface area (Å²) >= 11 is 5.89. The van der Waals surface area contributed by atoms with Crippen molar-refractivity contribution in [3.63, 3.8) is 0 Å². The molecule has 0 aliphatic carbocycles. The third-order valence-corrected chi connectivity index (χ3v) is 5.12. The van der Waals surface area contributed by atoms with Gasteiger partial charge in [0.15, 0.2) is 0 Å². The molecule has 1 aromatic heterocycles. The zero-order valence-corrected chi connectivity index (χ0v) is 16.2. The van der Waals surface area contributed by atoms with E-state index >= 15 is 0 Å². The minimum atomic E-state index is -0.162. The predicted octanol–water partition coefficient (Wildman–Crippen LogP) is 2.91. The molecule has 0 bridgehead atoms. The van der Waals surface area contributed by atoms with E-state index in [-0.39, 0.29) is 23.3 Å². The van der Waals surface area contributed by atoms with Gasteiger partial charge in [-0.1, -0.05) is 30.3 Å². The molecule has 2 heterocycles. The maximum Gasteiger partial charge on any atom is 0.250 e. The highest BCUT2D eigenvalue weighted by Gasteiger charge is 2.26. The van der Waals surface area contributed by atoms with E-state index in [0.29, 0.717) is 43.2 Å². The van der Waals surface area contributed by atoms with Gasteiger partial charge in [0.05, 0.1) is 12.2 Å². The lowest BCUT2D eigenvalue weighted by Gasteiger charge is -2.30. The summed E-state index contributed by atoms with van der Waals surface area (Å²) in [6.45, 7) is 4.96. The Bertz CT molecular complexity index is 929. The Hall–Kier alpha value is -2.86. The summed E-state index contributed by atoms with van der Waals surface area (Å²) in [6, 6.07) is 10.3. The molecular formula is C21H22ClN3O3. The molecule has 3 rings (SSSR count). The van der Waals surface area contributed by atoms with Gasteiger partial charge in [-0.2, -0.15) is 0 Å². The number of likely N-dealkylation sites (tertiary alicyclic amines) is 1. The predicted molar refractivity (Wildman–Crippen MR) is 109 cm³/mol. The molecule has 1 N–H and O–H groups in total. The topological polar surface area (TPSA) is 71.4 Å². The Morgan fingerprint density at radius 3 is 2.46 bits per heavy atom. The lowest BCUT2D eigenvalue weighted by molar-refractivity contribution is -0.130. The summed E-state index contributed by atoms with van der Waals surface area (Å²) in [6.07, 6.45) is 4.15. The van der Waals surface area contributed by atoms with Crippen molar-refractivity contribution >= 4 is 29.1 Å². The summed E-state index contributed by atoms with van der Waals surface area (Å²) in [7, 11) is 0. The van der Waals surface area contributed by atoms with Crippen molar-refractivity contribution in [2.45, 2.75) is 19.4 Å². The Labute approximate surface area is 168 Å². The molecular weight excluding hydrogens is 378 g/mol. The van der Waals surface area contributed by atoms with Gasteiger partial charge in [-0.15, -0.1) is 0 Å². The van der Waals surface area contributed by atoms with Gasteiger partial charge in [-0.05, 0) is 42.7 Å². The number of halogens is 1. The lowest BCUT2D eigenvalue weighted by atomic mass is 9.96. The van der Waals surface area contributed by atoms with Gasteiger partial charge in [-0.3, -0.25) is 14.4 Å². The van der Waals surface area contributed by atoms with Crippen molar-refractivity contribution in [2.24, 2.45) is 5.92 Å². The normalized spacial score (nSPS) is 14.5. The minimum absolute atomic E-state index is 0.0950. The number of piperidine rings is 1. The van der Waals surface area contributed by atoms with Crippen LogP contribution in [0.25, 0.3) is 0 Å². The highest BCUT2D eigenvalue weighted by molar-refractivity contribution is 6.30. The fourth-order valence-corrected chi connectivity index (χ4v) is 3.38. The van der Waals surface area contributed by atoms with Crippen LogP contribution in [0.3, 0.4) is 0 Å². The number of pyridine rings is 1. The Morgan fingerprint density at radius 1 is 1.14 bits per heavy atom. The molecule has 0 radical (unpaired) electrons. The van der Waals surface area contributed by atoms with Crippen molar-refractivity contribution in [3.05, 3.63) is 76.2 Å². The minimum Gasteiger partial charge on any atom is -0.339 e. The third kappa shape index (κ3) is 4.89. The van der Waals surface area contributed by atoms with Crippen LogP contribution in [0.2, 0.25) is 5.02 Å². The molecule has 28 heavy (non-hydrogen) atoms. The van der Waals surface area contributed by atoms with Gasteiger partial charge in [0, 0.05) is 36.3 Å². The van der Waals surface area contributed by atoms with Crippen LogP contribution in [0, 0.1) is 5.92 Å². The van der Waals surface area contributed by atoms with E-state index in [9.17, 15) is 14.4 Å². The quantitative estimate of drug-likeness (QED) is 0.786.